The van der Waals surface area contributed by atoms with Crippen molar-refractivity contribution in [2.45, 2.75) is 81.4 Å². The summed E-state index contributed by atoms with van der Waals surface area (Å²) in [5.74, 6) is -2.58. The largest absolute Gasteiger partial charge is 0.370 e. The lowest BCUT2D eigenvalue weighted by atomic mass is 9.80. The first-order valence-corrected chi connectivity index (χ1v) is 18.7. The molecule has 0 saturated heterocycles. The summed E-state index contributed by atoms with van der Waals surface area (Å²) in [5.41, 5.74) is 6.64. The molecule has 5 rings (SSSR count). The van der Waals surface area contributed by atoms with Crippen LogP contribution in [0.3, 0.4) is 0 Å². The summed E-state index contributed by atoms with van der Waals surface area (Å²) in [6.45, 7) is 0.265. The fraction of sp³-hybridized carbons (Fsp3) is 0.405. The maximum atomic E-state index is 13.9. The molecule has 3 aromatic rings. The van der Waals surface area contributed by atoms with Gasteiger partial charge in [0, 0.05) is 18.9 Å². The monoisotopic (exact) mass is 688 g/mol. The molecule has 11 nitrogen and oxygen atoms in total. The summed E-state index contributed by atoms with van der Waals surface area (Å²) in [7, 11) is -4.25. The number of amides is 4. The van der Waals surface area contributed by atoms with E-state index in [-0.39, 0.29) is 37.4 Å². The molecule has 1 spiro atoms. The number of allylic oxidation sites excluding steroid dienone is 2. The zero-order valence-electron chi connectivity index (χ0n) is 27.5. The molecule has 1 saturated carbocycles. The number of carbonyl (C=O) groups excluding carboxylic acids is 4. The van der Waals surface area contributed by atoms with Crippen LogP contribution in [-0.2, 0) is 36.3 Å². The second-order valence-electron chi connectivity index (χ2n) is 13.4. The van der Waals surface area contributed by atoms with Crippen LogP contribution in [0.4, 0.5) is 0 Å². The molecule has 0 bridgehead atoms. The standard InChI is InChI=1S/C37H45N4O7P/c38-33(42)22-32-35(44)39-23-26(20-30-12-7-10-28-9-2-3-13-31(28)30)8-6-11-29(27-16-14-25(15-17-27)24-49(46,47)48)21-34(43)41-37(36(45)40-32)18-4-1-5-19-37/h2-3,6-7,9-17,26,29,32H,1,4-5,8,18-24H2,(H2,38,42)(H,39,44)(H,40,45)(H,41,43)(H2,46,47,48)/b11-6+/t26?,29-,32-/m0/s1. The van der Waals surface area contributed by atoms with E-state index >= 15 is 0 Å². The Labute approximate surface area is 286 Å². The van der Waals surface area contributed by atoms with Gasteiger partial charge in [0.2, 0.25) is 23.6 Å². The van der Waals surface area contributed by atoms with E-state index in [2.05, 4.69) is 28.1 Å². The maximum absolute atomic E-state index is 13.9. The van der Waals surface area contributed by atoms with Crippen LogP contribution in [-0.4, -0.2) is 51.5 Å². The summed E-state index contributed by atoms with van der Waals surface area (Å²) in [5, 5.41) is 10.9. The third-order valence-electron chi connectivity index (χ3n) is 9.54. The van der Waals surface area contributed by atoms with E-state index in [9.17, 15) is 33.5 Å². The van der Waals surface area contributed by atoms with Crippen LogP contribution in [0.1, 0.15) is 74.0 Å². The second-order valence-corrected chi connectivity index (χ2v) is 15.0. The fourth-order valence-electron chi connectivity index (χ4n) is 7.02. The summed E-state index contributed by atoms with van der Waals surface area (Å²) in [4.78, 5) is 72.1. The number of hydrogen-bond acceptors (Lipinski definition) is 5. The molecule has 0 radical (unpaired) electrons. The lowest BCUT2D eigenvalue weighted by Gasteiger charge is -2.38. The van der Waals surface area contributed by atoms with E-state index in [1.807, 2.05) is 42.5 Å². The molecule has 7 N–H and O–H groups in total. The van der Waals surface area contributed by atoms with Gasteiger partial charge in [-0.05, 0) is 59.1 Å². The Balaban J connectivity index is 1.49. The third kappa shape index (κ3) is 9.88. The number of benzene rings is 3. The van der Waals surface area contributed by atoms with Crippen LogP contribution in [0.5, 0.6) is 0 Å². The van der Waals surface area contributed by atoms with E-state index in [1.165, 1.54) is 0 Å². The van der Waals surface area contributed by atoms with Crippen molar-refractivity contribution in [3.63, 3.8) is 0 Å². The lowest BCUT2D eigenvalue weighted by Crippen LogP contribution is -2.63. The minimum absolute atomic E-state index is 0.0270. The topological polar surface area (TPSA) is 188 Å². The predicted molar refractivity (Wildman–Crippen MR) is 187 cm³/mol. The quantitative estimate of drug-likeness (QED) is 0.159. The minimum Gasteiger partial charge on any atom is -0.370 e. The van der Waals surface area contributed by atoms with Crippen LogP contribution in [0.2, 0.25) is 0 Å². The van der Waals surface area contributed by atoms with Crippen molar-refractivity contribution < 1.29 is 33.5 Å². The lowest BCUT2D eigenvalue weighted by molar-refractivity contribution is -0.138. The van der Waals surface area contributed by atoms with E-state index in [1.54, 1.807) is 24.3 Å². The van der Waals surface area contributed by atoms with Gasteiger partial charge in [-0.3, -0.25) is 23.7 Å². The average molecular weight is 689 g/mol. The molecule has 260 valence electrons. The highest BCUT2D eigenvalue weighted by Gasteiger charge is 2.42. The normalized spacial score (nSPS) is 23.1. The van der Waals surface area contributed by atoms with Gasteiger partial charge in [-0.25, -0.2) is 0 Å². The Morgan fingerprint density at radius 2 is 1.65 bits per heavy atom. The highest BCUT2D eigenvalue weighted by atomic mass is 31.2. The molecule has 12 heteroatoms. The van der Waals surface area contributed by atoms with E-state index in [0.29, 0.717) is 44.1 Å². The number of rotatable bonds is 7. The Hall–Kier alpha value is -4.31. The molecule has 3 atom stereocenters. The highest BCUT2D eigenvalue weighted by Crippen LogP contribution is 2.39. The molecular formula is C37H45N4O7P. The van der Waals surface area contributed by atoms with Gasteiger partial charge in [-0.15, -0.1) is 0 Å². The average Bonchev–Trinajstić information content (AvgIpc) is 3.06. The van der Waals surface area contributed by atoms with Crippen molar-refractivity contribution in [3.8, 4) is 0 Å². The molecule has 2 aliphatic rings. The molecule has 4 amide bonds. The van der Waals surface area contributed by atoms with Gasteiger partial charge in [0.1, 0.15) is 11.6 Å². The first-order valence-electron chi connectivity index (χ1n) is 16.9. The Morgan fingerprint density at radius 3 is 2.37 bits per heavy atom. The summed E-state index contributed by atoms with van der Waals surface area (Å²) < 4.78 is 11.6. The maximum Gasteiger partial charge on any atom is 0.329 e. The van der Waals surface area contributed by atoms with Crippen molar-refractivity contribution in [2.75, 3.05) is 6.54 Å². The van der Waals surface area contributed by atoms with Crippen LogP contribution < -0.4 is 21.7 Å². The van der Waals surface area contributed by atoms with Gasteiger partial charge < -0.3 is 31.5 Å². The Morgan fingerprint density at radius 1 is 0.939 bits per heavy atom. The van der Waals surface area contributed by atoms with Crippen molar-refractivity contribution in [1.82, 2.24) is 16.0 Å². The number of fused-ring (bicyclic) bond motifs is 1. The number of nitrogens with two attached hydrogens (primary N) is 1. The van der Waals surface area contributed by atoms with Crippen molar-refractivity contribution >= 4 is 42.0 Å². The van der Waals surface area contributed by atoms with Gasteiger partial charge in [-0.1, -0.05) is 98.1 Å². The van der Waals surface area contributed by atoms with Crippen LogP contribution >= 0.6 is 7.60 Å². The summed E-state index contributed by atoms with van der Waals surface area (Å²) >= 11 is 0. The molecular weight excluding hydrogens is 643 g/mol. The van der Waals surface area contributed by atoms with Crippen molar-refractivity contribution in [3.05, 3.63) is 95.6 Å². The SMILES string of the molecule is NC(=O)C[C@@H]1NC(=O)C2(CCCCC2)NC(=O)C[C@@H](c2ccc(CP(=O)(O)O)cc2)/C=C/CC(Cc2cccc3ccccc23)CNC1=O. The highest BCUT2D eigenvalue weighted by molar-refractivity contribution is 7.50. The smallest absolute Gasteiger partial charge is 0.329 e. The van der Waals surface area contributed by atoms with E-state index < -0.39 is 42.8 Å². The predicted octanol–water partition coefficient (Wildman–Crippen LogP) is 4.11. The molecule has 3 aromatic carbocycles. The van der Waals surface area contributed by atoms with Gasteiger partial charge in [0.15, 0.2) is 0 Å². The molecule has 49 heavy (non-hydrogen) atoms. The van der Waals surface area contributed by atoms with Crippen LogP contribution in [0.15, 0.2) is 78.9 Å². The molecule has 0 aromatic heterocycles. The first-order chi connectivity index (χ1) is 23.4. The van der Waals surface area contributed by atoms with E-state index in [0.717, 1.165) is 28.3 Å². The summed E-state index contributed by atoms with van der Waals surface area (Å²) in [6, 6.07) is 19.9. The zero-order valence-corrected chi connectivity index (χ0v) is 28.4. The molecule has 1 aliphatic heterocycles. The van der Waals surface area contributed by atoms with Gasteiger partial charge in [0.25, 0.3) is 0 Å². The number of carbonyl (C=O) groups is 4. The number of nitrogens with one attached hydrogen (secondary N) is 3. The Kier molecular flexibility index (Phi) is 11.7. The molecule has 1 aliphatic carbocycles. The van der Waals surface area contributed by atoms with Gasteiger partial charge in [0.05, 0.1) is 12.6 Å². The Bertz CT molecular complexity index is 1740. The number of hydrogen-bond donors (Lipinski definition) is 6. The minimum atomic E-state index is -4.25. The summed E-state index contributed by atoms with van der Waals surface area (Å²) in [6.07, 6.45) is 7.50. The van der Waals surface area contributed by atoms with Crippen LogP contribution in [0.25, 0.3) is 10.8 Å². The molecule has 1 unspecified atom stereocenters. The fourth-order valence-corrected chi connectivity index (χ4v) is 7.70. The van der Waals surface area contributed by atoms with Crippen molar-refractivity contribution in [1.29, 1.82) is 0 Å². The van der Waals surface area contributed by atoms with Gasteiger partial charge >= 0.3 is 7.60 Å². The van der Waals surface area contributed by atoms with Crippen molar-refractivity contribution in [2.24, 2.45) is 11.7 Å². The molecule has 1 fully saturated rings. The molecule has 1 heterocycles. The zero-order chi connectivity index (χ0) is 35.0. The van der Waals surface area contributed by atoms with E-state index in [4.69, 9.17) is 5.73 Å². The number of primary amides is 1. The third-order valence-corrected chi connectivity index (χ3v) is 10.3. The van der Waals surface area contributed by atoms with Gasteiger partial charge in [-0.2, -0.15) is 0 Å². The van der Waals surface area contributed by atoms with Crippen LogP contribution in [0, 0.1) is 5.92 Å². The first kappa shape index (κ1) is 36.0. The second kappa shape index (κ2) is 15.9.